The molecule has 3 aromatic heterocycles. The van der Waals surface area contributed by atoms with Gasteiger partial charge in [0, 0.05) is 36.1 Å². The van der Waals surface area contributed by atoms with Gasteiger partial charge >= 0.3 is 0 Å². The molecule has 0 fully saturated rings. The number of aromatic amines is 1. The standard InChI is InChI=1S/C18H21N7O2/c1-10-8-17(27)25-18(20-10)23-15(24-25)9-16(26)19-7-6-14-21-11(2)12-4-3-5-13(12)22-14/h8H,3-7,9H2,1-2H3,(H,19,26)(H,20,23,24). The highest BCUT2D eigenvalue weighted by Crippen LogP contribution is 2.22. The van der Waals surface area contributed by atoms with E-state index in [4.69, 9.17) is 0 Å². The molecule has 0 atom stereocenters. The van der Waals surface area contributed by atoms with E-state index in [0.717, 1.165) is 36.5 Å². The summed E-state index contributed by atoms with van der Waals surface area (Å²) in [6.07, 6.45) is 3.84. The zero-order valence-electron chi connectivity index (χ0n) is 15.4. The van der Waals surface area contributed by atoms with Gasteiger partial charge < -0.3 is 5.32 Å². The van der Waals surface area contributed by atoms with Crippen molar-refractivity contribution < 1.29 is 4.79 Å². The van der Waals surface area contributed by atoms with Gasteiger partial charge in [0.2, 0.25) is 5.91 Å². The van der Waals surface area contributed by atoms with Crippen LogP contribution in [0.2, 0.25) is 0 Å². The average molecular weight is 367 g/mol. The van der Waals surface area contributed by atoms with Gasteiger partial charge in [0.1, 0.15) is 11.6 Å². The van der Waals surface area contributed by atoms with Crippen LogP contribution in [0.3, 0.4) is 0 Å². The zero-order valence-corrected chi connectivity index (χ0v) is 15.4. The van der Waals surface area contributed by atoms with Crippen molar-refractivity contribution in [3.05, 3.63) is 50.7 Å². The molecule has 9 heteroatoms. The molecule has 0 spiro atoms. The molecule has 0 unspecified atom stereocenters. The predicted octanol–water partition coefficient (Wildman–Crippen LogP) is 0.215. The molecule has 0 saturated carbocycles. The molecule has 2 N–H and O–H groups in total. The SMILES string of the molecule is Cc1cc(=O)n2[nH]c(CC(=O)NCCc3nc(C)c4c(n3)CCC4)nc2n1. The van der Waals surface area contributed by atoms with Gasteiger partial charge in [-0.05, 0) is 38.7 Å². The van der Waals surface area contributed by atoms with Crippen LogP contribution >= 0.6 is 0 Å². The molecular weight excluding hydrogens is 346 g/mol. The molecule has 4 rings (SSSR count). The first-order chi connectivity index (χ1) is 13.0. The number of carbonyl (C=O) groups is 1. The second-order valence-electron chi connectivity index (χ2n) is 6.82. The number of fused-ring (bicyclic) bond motifs is 2. The molecule has 3 heterocycles. The van der Waals surface area contributed by atoms with Crippen molar-refractivity contribution in [2.24, 2.45) is 0 Å². The van der Waals surface area contributed by atoms with E-state index < -0.39 is 0 Å². The van der Waals surface area contributed by atoms with Crippen molar-refractivity contribution in [2.75, 3.05) is 6.54 Å². The maximum atomic E-state index is 12.2. The number of amides is 1. The van der Waals surface area contributed by atoms with Crippen molar-refractivity contribution in [3.8, 4) is 0 Å². The average Bonchev–Trinajstić information content (AvgIpc) is 3.21. The number of H-pyrrole nitrogens is 1. The molecule has 0 aliphatic heterocycles. The summed E-state index contributed by atoms with van der Waals surface area (Å²) in [5.41, 5.74) is 3.83. The van der Waals surface area contributed by atoms with Gasteiger partial charge in [-0.1, -0.05) is 0 Å². The van der Waals surface area contributed by atoms with Crippen LogP contribution in [-0.4, -0.2) is 42.0 Å². The Bertz CT molecular complexity index is 1080. The first-order valence-corrected chi connectivity index (χ1v) is 9.07. The van der Waals surface area contributed by atoms with Crippen LogP contribution in [0.5, 0.6) is 0 Å². The summed E-state index contributed by atoms with van der Waals surface area (Å²) in [5.74, 6) is 1.25. The molecule has 140 valence electrons. The third kappa shape index (κ3) is 3.57. The summed E-state index contributed by atoms with van der Waals surface area (Å²) in [6.45, 7) is 4.20. The lowest BCUT2D eigenvalue weighted by Gasteiger charge is -2.07. The van der Waals surface area contributed by atoms with E-state index in [-0.39, 0.29) is 23.7 Å². The highest BCUT2D eigenvalue weighted by atomic mass is 16.1. The fraction of sp³-hybridized carbons (Fsp3) is 0.444. The Hall–Kier alpha value is -3.10. The van der Waals surface area contributed by atoms with Gasteiger partial charge in [0.15, 0.2) is 0 Å². The van der Waals surface area contributed by atoms with Crippen LogP contribution in [0.25, 0.3) is 5.78 Å². The third-order valence-electron chi connectivity index (χ3n) is 4.69. The highest BCUT2D eigenvalue weighted by Gasteiger charge is 2.17. The van der Waals surface area contributed by atoms with E-state index in [1.807, 2.05) is 6.92 Å². The zero-order chi connectivity index (χ0) is 19.0. The number of aryl methyl sites for hydroxylation is 3. The van der Waals surface area contributed by atoms with Crippen LogP contribution in [0.1, 0.15) is 40.7 Å². The number of hydrogen-bond acceptors (Lipinski definition) is 6. The van der Waals surface area contributed by atoms with Crippen LogP contribution in [-0.2, 0) is 30.5 Å². The summed E-state index contributed by atoms with van der Waals surface area (Å²) < 4.78 is 1.23. The molecule has 1 amide bonds. The summed E-state index contributed by atoms with van der Waals surface area (Å²) in [4.78, 5) is 41.6. The minimum atomic E-state index is -0.249. The minimum Gasteiger partial charge on any atom is -0.355 e. The molecule has 3 aromatic rings. The van der Waals surface area contributed by atoms with E-state index in [1.165, 1.54) is 16.1 Å². The van der Waals surface area contributed by atoms with Crippen molar-refractivity contribution in [2.45, 2.75) is 46.0 Å². The van der Waals surface area contributed by atoms with Crippen LogP contribution in [0, 0.1) is 13.8 Å². The molecule has 0 radical (unpaired) electrons. The minimum absolute atomic E-state index is 0.0475. The highest BCUT2D eigenvalue weighted by molar-refractivity contribution is 5.77. The van der Waals surface area contributed by atoms with Gasteiger partial charge in [-0.25, -0.2) is 15.0 Å². The van der Waals surface area contributed by atoms with Gasteiger partial charge in [-0.15, -0.1) is 0 Å². The topological polar surface area (TPSA) is 118 Å². The van der Waals surface area contributed by atoms with Crippen molar-refractivity contribution in [1.82, 2.24) is 34.9 Å². The normalized spacial score (nSPS) is 13.1. The fourth-order valence-corrected chi connectivity index (χ4v) is 3.44. The Labute approximate surface area is 155 Å². The Kier molecular flexibility index (Phi) is 4.43. The van der Waals surface area contributed by atoms with Gasteiger partial charge in [0.25, 0.3) is 11.3 Å². The summed E-state index contributed by atoms with van der Waals surface area (Å²) >= 11 is 0. The Morgan fingerprint density at radius 3 is 2.93 bits per heavy atom. The first kappa shape index (κ1) is 17.3. The first-order valence-electron chi connectivity index (χ1n) is 9.07. The number of hydrogen-bond donors (Lipinski definition) is 2. The maximum absolute atomic E-state index is 12.2. The van der Waals surface area contributed by atoms with E-state index in [1.54, 1.807) is 6.92 Å². The molecular formula is C18H21N7O2. The quantitative estimate of drug-likeness (QED) is 0.666. The van der Waals surface area contributed by atoms with Gasteiger partial charge in [-0.2, -0.15) is 9.50 Å². The molecule has 1 aliphatic carbocycles. The van der Waals surface area contributed by atoms with Crippen molar-refractivity contribution >= 4 is 11.7 Å². The fourth-order valence-electron chi connectivity index (χ4n) is 3.44. The lowest BCUT2D eigenvalue weighted by atomic mass is 10.2. The van der Waals surface area contributed by atoms with Gasteiger partial charge in [0.05, 0.1) is 6.42 Å². The number of rotatable bonds is 5. The molecule has 0 saturated heterocycles. The van der Waals surface area contributed by atoms with Crippen LogP contribution in [0.15, 0.2) is 10.9 Å². The molecule has 27 heavy (non-hydrogen) atoms. The number of carbonyl (C=O) groups excluding carboxylic acids is 1. The van der Waals surface area contributed by atoms with Crippen LogP contribution in [0.4, 0.5) is 0 Å². The summed E-state index contributed by atoms with van der Waals surface area (Å²) in [7, 11) is 0. The van der Waals surface area contributed by atoms with E-state index in [0.29, 0.717) is 24.5 Å². The predicted molar refractivity (Wildman–Crippen MR) is 97.6 cm³/mol. The third-order valence-corrected chi connectivity index (χ3v) is 4.69. The van der Waals surface area contributed by atoms with Crippen molar-refractivity contribution in [3.63, 3.8) is 0 Å². The van der Waals surface area contributed by atoms with Crippen LogP contribution < -0.4 is 10.9 Å². The van der Waals surface area contributed by atoms with E-state index >= 15 is 0 Å². The summed E-state index contributed by atoms with van der Waals surface area (Å²) in [5, 5.41) is 5.66. The number of aromatic nitrogens is 6. The maximum Gasteiger partial charge on any atom is 0.274 e. The lowest BCUT2D eigenvalue weighted by Crippen LogP contribution is -2.28. The Morgan fingerprint density at radius 2 is 2.07 bits per heavy atom. The number of nitrogens with zero attached hydrogens (tertiary/aromatic N) is 5. The van der Waals surface area contributed by atoms with E-state index in [9.17, 15) is 9.59 Å². The number of nitrogens with one attached hydrogen (secondary N) is 2. The molecule has 0 aromatic carbocycles. The molecule has 9 nitrogen and oxygen atoms in total. The Balaban J connectivity index is 1.36. The second kappa shape index (κ2) is 6.90. The smallest absolute Gasteiger partial charge is 0.274 e. The summed E-state index contributed by atoms with van der Waals surface area (Å²) in [6, 6.07) is 1.41. The largest absolute Gasteiger partial charge is 0.355 e. The Morgan fingerprint density at radius 1 is 1.22 bits per heavy atom. The second-order valence-corrected chi connectivity index (χ2v) is 6.82. The van der Waals surface area contributed by atoms with E-state index in [2.05, 4.69) is 30.4 Å². The van der Waals surface area contributed by atoms with Gasteiger partial charge in [-0.3, -0.25) is 14.7 Å². The lowest BCUT2D eigenvalue weighted by molar-refractivity contribution is -0.120. The molecule has 1 aliphatic rings. The monoisotopic (exact) mass is 367 g/mol. The van der Waals surface area contributed by atoms with Crippen molar-refractivity contribution in [1.29, 1.82) is 0 Å². The molecule has 0 bridgehead atoms.